The van der Waals surface area contributed by atoms with Gasteiger partial charge in [-0.1, -0.05) is 13.8 Å². The minimum absolute atomic E-state index is 0.142. The van der Waals surface area contributed by atoms with Gasteiger partial charge in [0, 0.05) is 23.6 Å². The number of rotatable bonds is 1. The van der Waals surface area contributed by atoms with Crippen LogP contribution in [0.1, 0.15) is 13.8 Å². The van der Waals surface area contributed by atoms with Gasteiger partial charge in [0.05, 0.1) is 5.38 Å². The molecule has 1 fully saturated rings. The monoisotopic (exact) mass is 230 g/mol. The predicted octanol–water partition coefficient (Wildman–Crippen LogP) is 2.18. The van der Waals surface area contributed by atoms with Crippen molar-refractivity contribution >= 4 is 28.2 Å². The summed E-state index contributed by atoms with van der Waals surface area (Å²) in [6.45, 7) is 6.53. The van der Waals surface area contributed by atoms with Crippen molar-refractivity contribution < 1.29 is 5.11 Å². The number of aromatic nitrogens is 1. The average Bonchev–Trinajstić information content (AvgIpc) is 2.50. The first kappa shape index (κ1) is 10.1. The zero-order valence-corrected chi connectivity index (χ0v) is 9.94. The van der Waals surface area contributed by atoms with Gasteiger partial charge >= 0.3 is 0 Å². The summed E-state index contributed by atoms with van der Waals surface area (Å²) in [5, 5.41) is 13.1. The molecule has 3 nitrogen and oxygen atoms in total. The quantitative estimate of drug-likeness (QED) is 0.802. The SMILES string of the molecule is CC1CN(c2nc(O)cs2)CC(C)S1. The Bertz CT molecular complexity index is 306. The Labute approximate surface area is 92.2 Å². The summed E-state index contributed by atoms with van der Waals surface area (Å²) >= 11 is 3.53. The molecular formula is C9H14N2OS2. The highest BCUT2D eigenvalue weighted by Gasteiger charge is 2.24. The molecule has 0 aliphatic carbocycles. The third-order valence-electron chi connectivity index (χ3n) is 2.17. The number of hydrogen-bond donors (Lipinski definition) is 1. The van der Waals surface area contributed by atoms with E-state index in [4.69, 9.17) is 0 Å². The van der Waals surface area contributed by atoms with Gasteiger partial charge in [0.1, 0.15) is 0 Å². The molecule has 0 saturated carbocycles. The van der Waals surface area contributed by atoms with Crippen LogP contribution in [0.5, 0.6) is 5.88 Å². The second-order valence-corrected chi connectivity index (χ2v) is 6.37. The van der Waals surface area contributed by atoms with Crippen LogP contribution in [-0.4, -0.2) is 33.7 Å². The Morgan fingerprint density at radius 2 is 2.07 bits per heavy atom. The van der Waals surface area contributed by atoms with Crippen molar-refractivity contribution in [1.29, 1.82) is 0 Å². The molecule has 1 aliphatic rings. The van der Waals surface area contributed by atoms with Crippen molar-refractivity contribution in [2.75, 3.05) is 18.0 Å². The fourth-order valence-electron chi connectivity index (χ4n) is 1.74. The maximum Gasteiger partial charge on any atom is 0.223 e. The lowest BCUT2D eigenvalue weighted by Gasteiger charge is -2.34. The number of hydrogen-bond acceptors (Lipinski definition) is 5. The number of thioether (sulfide) groups is 1. The first-order valence-electron chi connectivity index (χ1n) is 4.70. The fourth-order valence-corrected chi connectivity index (χ4v) is 3.77. The molecule has 5 heteroatoms. The Hall–Kier alpha value is -0.420. The van der Waals surface area contributed by atoms with Crippen molar-refractivity contribution in [2.45, 2.75) is 24.3 Å². The van der Waals surface area contributed by atoms with Gasteiger partial charge in [-0.2, -0.15) is 16.7 Å². The lowest BCUT2D eigenvalue weighted by Crippen LogP contribution is -2.40. The molecule has 1 aromatic heterocycles. The first-order valence-corrected chi connectivity index (χ1v) is 6.52. The summed E-state index contributed by atoms with van der Waals surface area (Å²) in [6.07, 6.45) is 0. The highest BCUT2D eigenvalue weighted by Crippen LogP contribution is 2.31. The topological polar surface area (TPSA) is 36.4 Å². The summed E-state index contributed by atoms with van der Waals surface area (Å²) < 4.78 is 0. The molecule has 1 aromatic rings. The summed E-state index contributed by atoms with van der Waals surface area (Å²) in [4.78, 5) is 6.35. The van der Waals surface area contributed by atoms with Crippen LogP contribution in [0.3, 0.4) is 0 Å². The average molecular weight is 230 g/mol. The van der Waals surface area contributed by atoms with Crippen LogP contribution in [0.25, 0.3) is 0 Å². The molecule has 2 unspecified atom stereocenters. The summed E-state index contributed by atoms with van der Waals surface area (Å²) in [5.74, 6) is 0.142. The molecule has 2 atom stereocenters. The lowest BCUT2D eigenvalue weighted by atomic mass is 10.3. The minimum atomic E-state index is 0.142. The zero-order valence-electron chi connectivity index (χ0n) is 8.30. The van der Waals surface area contributed by atoms with Crippen LogP contribution >= 0.6 is 23.1 Å². The van der Waals surface area contributed by atoms with Gasteiger partial charge < -0.3 is 10.0 Å². The van der Waals surface area contributed by atoms with Gasteiger partial charge in [0.25, 0.3) is 0 Å². The van der Waals surface area contributed by atoms with Crippen molar-refractivity contribution in [1.82, 2.24) is 4.98 Å². The Kier molecular flexibility index (Phi) is 2.88. The number of nitrogens with zero attached hydrogens (tertiary/aromatic N) is 2. The molecular weight excluding hydrogens is 216 g/mol. The third kappa shape index (κ3) is 2.15. The number of anilines is 1. The summed E-state index contributed by atoms with van der Waals surface area (Å²) in [7, 11) is 0. The molecule has 1 saturated heterocycles. The van der Waals surface area contributed by atoms with E-state index in [1.165, 1.54) is 11.3 Å². The molecule has 0 radical (unpaired) electrons. The maximum atomic E-state index is 9.18. The van der Waals surface area contributed by atoms with E-state index in [1.807, 2.05) is 11.8 Å². The third-order valence-corrected chi connectivity index (χ3v) is 4.29. The Balaban J connectivity index is 2.10. The van der Waals surface area contributed by atoms with Gasteiger partial charge in [-0.05, 0) is 0 Å². The Morgan fingerprint density at radius 3 is 2.57 bits per heavy atom. The van der Waals surface area contributed by atoms with E-state index < -0.39 is 0 Å². The molecule has 1 aliphatic heterocycles. The second-order valence-electron chi connectivity index (χ2n) is 3.65. The molecule has 14 heavy (non-hydrogen) atoms. The lowest BCUT2D eigenvalue weighted by molar-refractivity contribution is 0.457. The second kappa shape index (κ2) is 3.98. The van der Waals surface area contributed by atoms with E-state index in [-0.39, 0.29) is 5.88 Å². The molecule has 78 valence electrons. The minimum Gasteiger partial charge on any atom is -0.493 e. The van der Waals surface area contributed by atoms with E-state index in [2.05, 4.69) is 23.7 Å². The van der Waals surface area contributed by atoms with E-state index in [1.54, 1.807) is 5.38 Å². The van der Waals surface area contributed by atoms with Gasteiger partial charge in [0.2, 0.25) is 5.88 Å². The van der Waals surface area contributed by atoms with Crippen LogP contribution in [0.2, 0.25) is 0 Å². The molecule has 2 heterocycles. The molecule has 0 bridgehead atoms. The summed E-state index contributed by atoms with van der Waals surface area (Å²) in [6, 6.07) is 0. The molecule has 1 N–H and O–H groups in total. The van der Waals surface area contributed by atoms with Crippen LogP contribution in [0, 0.1) is 0 Å². The van der Waals surface area contributed by atoms with E-state index in [0.717, 1.165) is 18.2 Å². The molecule has 0 aromatic carbocycles. The van der Waals surface area contributed by atoms with Crippen LogP contribution in [0.15, 0.2) is 5.38 Å². The summed E-state index contributed by atoms with van der Waals surface area (Å²) in [5.41, 5.74) is 0. The molecule has 0 spiro atoms. The fraction of sp³-hybridized carbons (Fsp3) is 0.667. The largest absolute Gasteiger partial charge is 0.493 e. The normalized spacial score (nSPS) is 28.0. The van der Waals surface area contributed by atoms with Crippen LogP contribution < -0.4 is 4.90 Å². The van der Waals surface area contributed by atoms with Crippen molar-refractivity contribution in [3.05, 3.63) is 5.38 Å². The van der Waals surface area contributed by atoms with Gasteiger partial charge in [0.15, 0.2) is 5.13 Å². The van der Waals surface area contributed by atoms with Crippen LogP contribution in [-0.2, 0) is 0 Å². The van der Waals surface area contributed by atoms with Gasteiger partial charge in [-0.25, -0.2) is 0 Å². The smallest absolute Gasteiger partial charge is 0.223 e. The van der Waals surface area contributed by atoms with E-state index in [0.29, 0.717) is 10.5 Å². The predicted molar refractivity (Wildman–Crippen MR) is 62.5 cm³/mol. The zero-order chi connectivity index (χ0) is 10.1. The highest BCUT2D eigenvalue weighted by molar-refractivity contribution is 8.00. The highest BCUT2D eigenvalue weighted by atomic mass is 32.2. The van der Waals surface area contributed by atoms with Crippen molar-refractivity contribution in [2.24, 2.45) is 0 Å². The first-order chi connectivity index (χ1) is 6.65. The van der Waals surface area contributed by atoms with E-state index >= 15 is 0 Å². The van der Waals surface area contributed by atoms with Crippen molar-refractivity contribution in [3.63, 3.8) is 0 Å². The molecule has 0 amide bonds. The molecule has 2 rings (SSSR count). The number of thiazole rings is 1. The number of aromatic hydroxyl groups is 1. The maximum absolute atomic E-state index is 9.18. The standard InChI is InChI=1S/C9H14N2OS2/c1-6-3-11(4-7(2)14-6)9-10-8(12)5-13-9/h5-7,12H,3-4H2,1-2H3. The van der Waals surface area contributed by atoms with Gasteiger partial charge in [-0.15, -0.1) is 11.3 Å². The van der Waals surface area contributed by atoms with Gasteiger partial charge in [-0.3, -0.25) is 0 Å². The Morgan fingerprint density at radius 1 is 1.43 bits per heavy atom. The van der Waals surface area contributed by atoms with Crippen LogP contribution in [0.4, 0.5) is 5.13 Å². The van der Waals surface area contributed by atoms with Crippen molar-refractivity contribution in [3.8, 4) is 5.88 Å². The van der Waals surface area contributed by atoms with E-state index in [9.17, 15) is 5.11 Å².